The first kappa shape index (κ1) is 10.2. The van der Waals surface area contributed by atoms with E-state index in [4.69, 9.17) is 4.74 Å². The van der Waals surface area contributed by atoms with Crippen LogP contribution in [-0.4, -0.2) is 12.4 Å². The predicted molar refractivity (Wildman–Crippen MR) is 58.9 cm³/mol. The summed E-state index contributed by atoms with van der Waals surface area (Å²) in [5.41, 5.74) is 0. The number of hydrogen-bond donors (Lipinski definition) is 0. The highest BCUT2D eigenvalue weighted by atomic mass is 16.5. The van der Waals surface area contributed by atoms with E-state index < -0.39 is 0 Å². The van der Waals surface area contributed by atoms with Crippen molar-refractivity contribution in [3.8, 4) is 5.75 Å². The molecule has 0 heterocycles. The van der Waals surface area contributed by atoms with E-state index in [0.29, 0.717) is 24.7 Å². The van der Waals surface area contributed by atoms with Crippen LogP contribution < -0.4 is 4.74 Å². The summed E-state index contributed by atoms with van der Waals surface area (Å²) in [6, 6.07) is 9.79. The average Bonchev–Trinajstić information content (AvgIpc) is 2.28. The summed E-state index contributed by atoms with van der Waals surface area (Å²) in [6.07, 6.45) is 3.62. The summed E-state index contributed by atoms with van der Waals surface area (Å²) in [4.78, 5) is 11.2. The van der Waals surface area contributed by atoms with Gasteiger partial charge in [0.2, 0.25) is 0 Å². The molecule has 1 fully saturated rings. The van der Waals surface area contributed by atoms with Crippen LogP contribution in [-0.2, 0) is 4.79 Å². The van der Waals surface area contributed by atoms with Crippen molar-refractivity contribution in [3.63, 3.8) is 0 Å². The summed E-state index contributed by atoms with van der Waals surface area (Å²) in [6.45, 7) is 0.676. The van der Waals surface area contributed by atoms with Gasteiger partial charge in [0.1, 0.15) is 11.5 Å². The zero-order valence-electron chi connectivity index (χ0n) is 8.82. The monoisotopic (exact) mass is 204 g/mol. The van der Waals surface area contributed by atoms with Gasteiger partial charge in [0.25, 0.3) is 0 Å². The van der Waals surface area contributed by atoms with Gasteiger partial charge in [0.15, 0.2) is 0 Å². The minimum atomic E-state index is 0.392. The fourth-order valence-corrected chi connectivity index (χ4v) is 1.99. The van der Waals surface area contributed by atoms with Crippen molar-refractivity contribution in [3.05, 3.63) is 30.3 Å². The molecule has 0 aliphatic heterocycles. The summed E-state index contributed by atoms with van der Waals surface area (Å²) in [5, 5.41) is 0. The lowest BCUT2D eigenvalue weighted by Crippen LogP contribution is -2.20. The van der Waals surface area contributed by atoms with E-state index in [1.165, 1.54) is 0 Å². The smallest absolute Gasteiger partial charge is 0.133 e. The molecule has 0 amide bonds. The van der Waals surface area contributed by atoms with Gasteiger partial charge in [-0.05, 0) is 30.9 Å². The minimum Gasteiger partial charge on any atom is -0.493 e. The Labute approximate surface area is 90.3 Å². The second-order valence-corrected chi connectivity index (χ2v) is 4.13. The van der Waals surface area contributed by atoms with Crippen LogP contribution in [0, 0.1) is 5.92 Å². The molecule has 1 atom stereocenters. The molecule has 1 aromatic carbocycles. The Morgan fingerprint density at radius 1 is 1.27 bits per heavy atom. The van der Waals surface area contributed by atoms with Gasteiger partial charge in [-0.3, -0.25) is 4.79 Å². The van der Waals surface area contributed by atoms with Gasteiger partial charge in [0, 0.05) is 12.8 Å². The van der Waals surface area contributed by atoms with Crippen LogP contribution in [0.15, 0.2) is 30.3 Å². The SMILES string of the molecule is O=C1CCCC(COc2ccccc2)C1. The largest absolute Gasteiger partial charge is 0.493 e. The van der Waals surface area contributed by atoms with Crippen molar-refractivity contribution >= 4 is 5.78 Å². The molecule has 0 spiro atoms. The maximum absolute atomic E-state index is 11.2. The van der Waals surface area contributed by atoms with Gasteiger partial charge in [-0.1, -0.05) is 18.2 Å². The van der Waals surface area contributed by atoms with Crippen molar-refractivity contribution in [2.75, 3.05) is 6.61 Å². The van der Waals surface area contributed by atoms with E-state index in [-0.39, 0.29) is 0 Å². The molecule has 2 nitrogen and oxygen atoms in total. The van der Waals surface area contributed by atoms with E-state index in [9.17, 15) is 4.79 Å². The lowest BCUT2D eigenvalue weighted by atomic mass is 9.89. The lowest BCUT2D eigenvalue weighted by molar-refractivity contribution is -0.121. The van der Waals surface area contributed by atoms with Gasteiger partial charge in [0.05, 0.1) is 6.61 Å². The minimum absolute atomic E-state index is 0.392. The van der Waals surface area contributed by atoms with Gasteiger partial charge >= 0.3 is 0 Å². The van der Waals surface area contributed by atoms with Crippen molar-refractivity contribution in [2.45, 2.75) is 25.7 Å². The number of para-hydroxylation sites is 1. The Morgan fingerprint density at radius 3 is 2.80 bits per heavy atom. The molecule has 80 valence electrons. The highest BCUT2D eigenvalue weighted by molar-refractivity contribution is 5.79. The molecule has 0 N–H and O–H groups in total. The van der Waals surface area contributed by atoms with E-state index in [2.05, 4.69) is 0 Å². The van der Waals surface area contributed by atoms with Crippen LogP contribution in [0.5, 0.6) is 5.75 Å². The van der Waals surface area contributed by atoms with Crippen molar-refractivity contribution in [2.24, 2.45) is 5.92 Å². The average molecular weight is 204 g/mol. The Balaban J connectivity index is 1.80. The standard InChI is InChI=1S/C13H16O2/c14-12-6-4-5-11(9-12)10-15-13-7-2-1-3-8-13/h1-3,7-8,11H,4-6,9-10H2. The quantitative estimate of drug-likeness (QED) is 0.756. The van der Waals surface area contributed by atoms with Gasteiger partial charge in [-0.25, -0.2) is 0 Å². The first-order valence-electron chi connectivity index (χ1n) is 5.54. The van der Waals surface area contributed by atoms with E-state index >= 15 is 0 Å². The van der Waals surface area contributed by atoms with Crippen LogP contribution in [0.1, 0.15) is 25.7 Å². The molecule has 0 radical (unpaired) electrons. The summed E-state index contributed by atoms with van der Waals surface area (Å²) in [7, 11) is 0. The number of ketones is 1. The first-order valence-corrected chi connectivity index (χ1v) is 5.54. The third-order valence-corrected chi connectivity index (χ3v) is 2.81. The van der Waals surface area contributed by atoms with Gasteiger partial charge in [-0.15, -0.1) is 0 Å². The van der Waals surface area contributed by atoms with Crippen LogP contribution in [0.25, 0.3) is 0 Å². The second kappa shape index (κ2) is 4.96. The van der Waals surface area contributed by atoms with E-state index in [1.807, 2.05) is 30.3 Å². The first-order chi connectivity index (χ1) is 7.34. The van der Waals surface area contributed by atoms with Crippen molar-refractivity contribution < 1.29 is 9.53 Å². The summed E-state index contributed by atoms with van der Waals surface area (Å²) in [5.74, 6) is 1.71. The molecule has 0 aromatic heterocycles. The molecule has 1 aliphatic carbocycles. The highest BCUT2D eigenvalue weighted by Crippen LogP contribution is 2.22. The van der Waals surface area contributed by atoms with Crippen LogP contribution >= 0.6 is 0 Å². The Kier molecular flexibility index (Phi) is 3.38. The Morgan fingerprint density at radius 2 is 2.07 bits per heavy atom. The molecular weight excluding hydrogens is 188 g/mol. The number of hydrogen-bond acceptors (Lipinski definition) is 2. The molecule has 1 aliphatic rings. The molecule has 0 saturated heterocycles. The second-order valence-electron chi connectivity index (χ2n) is 4.13. The molecule has 15 heavy (non-hydrogen) atoms. The Bertz CT molecular complexity index is 319. The number of carbonyl (C=O) groups excluding carboxylic acids is 1. The highest BCUT2D eigenvalue weighted by Gasteiger charge is 2.19. The number of ether oxygens (including phenoxy) is 1. The van der Waals surface area contributed by atoms with E-state index in [0.717, 1.165) is 25.0 Å². The fraction of sp³-hybridized carbons (Fsp3) is 0.462. The third-order valence-electron chi connectivity index (χ3n) is 2.81. The van der Waals surface area contributed by atoms with E-state index in [1.54, 1.807) is 0 Å². The zero-order valence-corrected chi connectivity index (χ0v) is 8.82. The van der Waals surface area contributed by atoms with Crippen molar-refractivity contribution in [1.82, 2.24) is 0 Å². The van der Waals surface area contributed by atoms with Gasteiger partial charge in [-0.2, -0.15) is 0 Å². The summed E-state index contributed by atoms with van der Waals surface area (Å²) < 4.78 is 5.64. The predicted octanol–water partition coefficient (Wildman–Crippen LogP) is 2.82. The number of Topliss-reactive ketones (excluding diaryl/α,β-unsaturated/α-hetero) is 1. The topological polar surface area (TPSA) is 26.3 Å². The van der Waals surface area contributed by atoms with Crippen LogP contribution in [0.3, 0.4) is 0 Å². The number of carbonyl (C=O) groups is 1. The number of benzene rings is 1. The Hall–Kier alpha value is -1.31. The van der Waals surface area contributed by atoms with Crippen molar-refractivity contribution in [1.29, 1.82) is 0 Å². The molecule has 2 rings (SSSR count). The molecule has 1 unspecified atom stereocenters. The fourth-order valence-electron chi connectivity index (χ4n) is 1.99. The lowest BCUT2D eigenvalue weighted by Gasteiger charge is -2.20. The van der Waals surface area contributed by atoms with Gasteiger partial charge < -0.3 is 4.74 Å². The molecule has 1 saturated carbocycles. The normalized spacial score (nSPS) is 21.3. The third kappa shape index (κ3) is 3.08. The summed E-state index contributed by atoms with van der Waals surface area (Å²) >= 11 is 0. The molecule has 2 heteroatoms. The molecule has 0 bridgehead atoms. The molecule has 1 aromatic rings. The number of rotatable bonds is 3. The maximum Gasteiger partial charge on any atom is 0.133 e. The van der Waals surface area contributed by atoms with Crippen LogP contribution in [0.2, 0.25) is 0 Å². The van der Waals surface area contributed by atoms with Crippen LogP contribution in [0.4, 0.5) is 0 Å². The zero-order chi connectivity index (χ0) is 10.5. The molecular formula is C13H16O2. The maximum atomic E-state index is 11.2.